The molecule has 0 aliphatic heterocycles. The first-order valence-corrected chi connectivity index (χ1v) is 7.99. The van der Waals surface area contributed by atoms with Crippen molar-refractivity contribution >= 4 is 45.6 Å². The summed E-state index contributed by atoms with van der Waals surface area (Å²) in [6.45, 7) is 0.641. The molecular weight excluding hydrogens is 329 g/mol. The molecule has 0 saturated carbocycles. The second kappa shape index (κ2) is 7.75. The predicted octanol–water partition coefficient (Wildman–Crippen LogP) is 3.59. The highest BCUT2D eigenvalue weighted by molar-refractivity contribution is 7.15. The summed E-state index contributed by atoms with van der Waals surface area (Å²) in [5, 5.41) is 7.41. The number of benzene rings is 1. The van der Waals surface area contributed by atoms with Gasteiger partial charge in [-0.3, -0.25) is 4.79 Å². The van der Waals surface area contributed by atoms with E-state index in [2.05, 4.69) is 15.6 Å². The Morgan fingerprint density at radius 1 is 1.38 bits per heavy atom. The van der Waals surface area contributed by atoms with Crippen molar-refractivity contribution in [3.63, 3.8) is 0 Å². The number of hydrogen-bond acceptors (Lipinski definition) is 4. The van der Waals surface area contributed by atoms with Crippen LogP contribution in [-0.4, -0.2) is 24.5 Å². The first kappa shape index (κ1) is 16.2. The van der Waals surface area contributed by atoms with Gasteiger partial charge in [-0.1, -0.05) is 35.3 Å². The Labute approximate surface area is 137 Å². The summed E-state index contributed by atoms with van der Waals surface area (Å²) in [6, 6.07) is 5.55. The third-order valence-corrected chi connectivity index (χ3v) is 4.57. The second-order valence-electron chi connectivity index (χ2n) is 4.42. The molecule has 2 rings (SSSR count). The molecule has 0 atom stereocenters. The molecule has 2 N–H and O–H groups in total. The maximum atomic E-state index is 11.6. The molecule has 1 aromatic carbocycles. The summed E-state index contributed by atoms with van der Waals surface area (Å²) in [7, 11) is 1.81. The molecule has 1 aromatic heterocycles. The van der Waals surface area contributed by atoms with E-state index >= 15 is 0 Å². The van der Waals surface area contributed by atoms with Crippen LogP contribution in [0.25, 0.3) is 0 Å². The molecule has 0 aliphatic rings. The zero-order chi connectivity index (χ0) is 15.2. The van der Waals surface area contributed by atoms with Crippen molar-refractivity contribution in [3.05, 3.63) is 44.9 Å². The highest BCUT2D eigenvalue weighted by Gasteiger charge is 2.09. The molecule has 0 bridgehead atoms. The number of anilines is 1. The van der Waals surface area contributed by atoms with Crippen LogP contribution in [0.4, 0.5) is 5.13 Å². The van der Waals surface area contributed by atoms with E-state index in [1.807, 2.05) is 19.2 Å². The standard InChI is InChI=1S/C14H15Cl2N3OS/c1-17-6-5-12(20)19-14-18-8-10(21-14)7-9-3-2-4-11(15)13(9)16/h2-4,8,17H,5-7H2,1H3,(H,18,19,20). The third kappa shape index (κ3) is 4.68. The lowest BCUT2D eigenvalue weighted by atomic mass is 10.1. The Kier molecular flexibility index (Phi) is 5.99. The minimum Gasteiger partial charge on any atom is -0.319 e. The molecule has 7 heteroatoms. The van der Waals surface area contributed by atoms with Crippen LogP contribution in [0, 0.1) is 0 Å². The Balaban J connectivity index is 2.00. The number of thiazole rings is 1. The average molecular weight is 344 g/mol. The molecular formula is C14H15Cl2N3OS. The fourth-order valence-corrected chi connectivity index (χ4v) is 2.98. The van der Waals surface area contributed by atoms with E-state index in [0.29, 0.717) is 34.6 Å². The number of nitrogens with zero attached hydrogens (tertiary/aromatic N) is 1. The van der Waals surface area contributed by atoms with Gasteiger partial charge in [0.15, 0.2) is 5.13 Å². The minimum atomic E-state index is -0.0500. The first-order valence-electron chi connectivity index (χ1n) is 6.42. The van der Waals surface area contributed by atoms with Crippen molar-refractivity contribution in [1.82, 2.24) is 10.3 Å². The largest absolute Gasteiger partial charge is 0.319 e. The van der Waals surface area contributed by atoms with E-state index in [1.54, 1.807) is 12.3 Å². The normalized spacial score (nSPS) is 10.6. The molecule has 1 heterocycles. The van der Waals surface area contributed by atoms with Crippen molar-refractivity contribution in [3.8, 4) is 0 Å². The number of hydrogen-bond donors (Lipinski definition) is 2. The number of carbonyl (C=O) groups excluding carboxylic acids is 1. The van der Waals surface area contributed by atoms with Crippen LogP contribution in [0.15, 0.2) is 24.4 Å². The van der Waals surface area contributed by atoms with E-state index in [4.69, 9.17) is 23.2 Å². The molecule has 1 amide bonds. The quantitative estimate of drug-likeness (QED) is 0.842. The van der Waals surface area contributed by atoms with Crippen molar-refractivity contribution in [1.29, 1.82) is 0 Å². The Morgan fingerprint density at radius 2 is 2.19 bits per heavy atom. The summed E-state index contributed by atoms with van der Waals surface area (Å²) in [4.78, 5) is 16.8. The van der Waals surface area contributed by atoms with E-state index in [0.717, 1.165) is 10.4 Å². The second-order valence-corrected chi connectivity index (χ2v) is 6.32. The fraction of sp³-hybridized carbons (Fsp3) is 0.286. The van der Waals surface area contributed by atoms with Crippen LogP contribution >= 0.6 is 34.5 Å². The van der Waals surface area contributed by atoms with Crippen LogP contribution < -0.4 is 10.6 Å². The zero-order valence-electron chi connectivity index (χ0n) is 11.5. The van der Waals surface area contributed by atoms with Gasteiger partial charge in [0, 0.05) is 30.5 Å². The van der Waals surface area contributed by atoms with Crippen LogP contribution in [0.2, 0.25) is 10.0 Å². The maximum absolute atomic E-state index is 11.6. The van der Waals surface area contributed by atoms with Crippen LogP contribution in [-0.2, 0) is 11.2 Å². The summed E-state index contributed by atoms with van der Waals surface area (Å²) >= 11 is 13.6. The number of carbonyl (C=O) groups is 1. The first-order chi connectivity index (χ1) is 10.1. The van der Waals surface area contributed by atoms with Gasteiger partial charge in [0.1, 0.15) is 0 Å². The van der Waals surface area contributed by atoms with E-state index in [9.17, 15) is 4.79 Å². The van der Waals surface area contributed by atoms with Gasteiger partial charge in [0.2, 0.25) is 5.91 Å². The molecule has 21 heavy (non-hydrogen) atoms. The lowest BCUT2D eigenvalue weighted by Crippen LogP contribution is -2.18. The lowest BCUT2D eigenvalue weighted by Gasteiger charge is -2.03. The Bertz CT molecular complexity index is 630. The van der Waals surface area contributed by atoms with Crippen molar-refractivity contribution in [2.24, 2.45) is 0 Å². The van der Waals surface area contributed by atoms with E-state index in [-0.39, 0.29) is 5.91 Å². The monoisotopic (exact) mass is 343 g/mol. The molecule has 2 aromatic rings. The molecule has 0 spiro atoms. The van der Waals surface area contributed by atoms with Gasteiger partial charge in [-0.2, -0.15) is 0 Å². The lowest BCUT2D eigenvalue weighted by molar-refractivity contribution is -0.116. The molecule has 4 nitrogen and oxygen atoms in total. The van der Waals surface area contributed by atoms with Gasteiger partial charge < -0.3 is 10.6 Å². The number of amides is 1. The van der Waals surface area contributed by atoms with Crippen LogP contribution in [0.1, 0.15) is 16.9 Å². The summed E-state index contributed by atoms with van der Waals surface area (Å²) in [6.07, 6.45) is 2.81. The van der Waals surface area contributed by atoms with Gasteiger partial charge in [-0.25, -0.2) is 4.98 Å². The highest BCUT2D eigenvalue weighted by atomic mass is 35.5. The zero-order valence-corrected chi connectivity index (χ0v) is 13.8. The molecule has 0 unspecified atom stereocenters. The predicted molar refractivity (Wildman–Crippen MR) is 88.6 cm³/mol. The molecule has 0 aliphatic carbocycles. The van der Waals surface area contributed by atoms with Crippen LogP contribution in [0.3, 0.4) is 0 Å². The summed E-state index contributed by atoms with van der Waals surface area (Å²) in [5.41, 5.74) is 0.945. The number of aromatic nitrogens is 1. The number of rotatable bonds is 6. The van der Waals surface area contributed by atoms with E-state index < -0.39 is 0 Å². The summed E-state index contributed by atoms with van der Waals surface area (Å²) in [5.74, 6) is -0.0500. The van der Waals surface area contributed by atoms with E-state index in [1.165, 1.54) is 11.3 Å². The Morgan fingerprint density at radius 3 is 2.95 bits per heavy atom. The molecule has 0 fully saturated rings. The van der Waals surface area contributed by atoms with Gasteiger partial charge in [-0.05, 0) is 18.7 Å². The maximum Gasteiger partial charge on any atom is 0.227 e. The van der Waals surface area contributed by atoms with Crippen molar-refractivity contribution in [2.45, 2.75) is 12.8 Å². The smallest absolute Gasteiger partial charge is 0.227 e. The number of halogens is 2. The average Bonchev–Trinajstić information content (AvgIpc) is 2.89. The molecule has 112 valence electrons. The minimum absolute atomic E-state index is 0.0500. The number of nitrogens with one attached hydrogen (secondary N) is 2. The third-order valence-electron chi connectivity index (χ3n) is 2.80. The SMILES string of the molecule is CNCCC(=O)Nc1ncc(Cc2cccc(Cl)c2Cl)s1. The molecule has 0 radical (unpaired) electrons. The molecule has 0 saturated heterocycles. The van der Waals surface area contributed by atoms with Crippen molar-refractivity contribution < 1.29 is 4.79 Å². The van der Waals surface area contributed by atoms with Crippen molar-refractivity contribution in [2.75, 3.05) is 18.9 Å². The summed E-state index contributed by atoms with van der Waals surface area (Å²) < 4.78 is 0. The Hall–Kier alpha value is -1.14. The van der Waals surface area contributed by atoms with Gasteiger partial charge >= 0.3 is 0 Å². The highest BCUT2D eigenvalue weighted by Crippen LogP contribution is 2.29. The van der Waals surface area contributed by atoms with Gasteiger partial charge in [0.25, 0.3) is 0 Å². The topological polar surface area (TPSA) is 54.0 Å². The fourth-order valence-electron chi connectivity index (χ4n) is 1.74. The van der Waals surface area contributed by atoms with Crippen LogP contribution in [0.5, 0.6) is 0 Å². The van der Waals surface area contributed by atoms with Gasteiger partial charge in [-0.15, -0.1) is 11.3 Å². The van der Waals surface area contributed by atoms with Gasteiger partial charge in [0.05, 0.1) is 10.0 Å².